The second-order valence-electron chi connectivity index (χ2n) is 7.15. The first-order valence-electron chi connectivity index (χ1n) is 7.43. The Balaban J connectivity index is 2.20. The molecule has 0 bridgehead atoms. The fourth-order valence-electron chi connectivity index (χ4n) is 3.46. The molecule has 1 heteroatoms. The zero-order valence-corrected chi connectivity index (χ0v) is 12.9. The summed E-state index contributed by atoms with van der Waals surface area (Å²) in [5.74, 6) is 0.444. The van der Waals surface area contributed by atoms with Gasteiger partial charge in [0.1, 0.15) is 0 Å². The van der Waals surface area contributed by atoms with E-state index in [1.54, 1.807) is 0 Å². The summed E-state index contributed by atoms with van der Waals surface area (Å²) in [5, 5.41) is 0.137. The van der Waals surface area contributed by atoms with Gasteiger partial charge in [0.05, 0.1) is 0 Å². The number of fused-ring (bicyclic) bond motifs is 1. The highest BCUT2D eigenvalue weighted by molar-refractivity contribution is 6.60. The Kier molecular flexibility index (Phi) is 3.04. The van der Waals surface area contributed by atoms with E-state index in [-0.39, 0.29) is 10.7 Å². The van der Waals surface area contributed by atoms with E-state index in [2.05, 4.69) is 89.6 Å². The molecule has 2 aromatic carbocycles. The average molecular weight is 261 g/mol. The Morgan fingerprint density at radius 2 is 1.50 bits per heavy atom. The molecular formula is C19H22B. The highest BCUT2D eigenvalue weighted by atomic mass is 14.5. The van der Waals surface area contributed by atoms with E-state index in [4.69, 9.17) is 0 Å². The molecule has 0 amide bonds. The lowest BCUT2D eigenvalue weighted by Crippen LogP contribution is -2.35. The molecule has 2 atom stereocenters. The van der Waals surface area contributed by atoms with Gasteiger partial charge in [-0.25, -0.2) is 0 Å². The SMILES string of the molecule is CC(C)(C)[C@@]1(C)[B]c2ccccc2[C@@H]1c1ccccc1. The minimum atomic E-state index is 0.137. The Hall–Kier alpha value is -1.50. The number of hydrogen-bond acceptors (Lipinski definition) is 0. The molecule has 1 aliphatic heterocycles. The van der Waals surface area contributed by atoms with E-state index >= 15 is 0 Å². The smallest absolute Gasteiger partial charge is 0.0833 e. The maximum Gasteiger partial charge on any atom is 0.160 e. The van der Waals surface area contributed by atoms with Crippen molar-refractivity contribution in [1.82, 2.24) is 0 Å². The van der Waals surface area contributed by atoms with Crippen LogP contribution in [0.2, 0.25) is 5.31 Å². The molecule has 101 valence electrons. The van der Waals surface area contributed by atoms with Crippen LogP contribution in [0.4, 0.5) is 0 Å². The van der Waals surface area contributed by atoms with Crippen LogP contribution in [0.3, 0.4) is 0 Å². The second-order valence-corrected chi connectivity index (χ2v) is 7.15. The summed E-state index contributed by atoms with van der Waals surface area (Å²) in [6, 6.07) is 19.8. The molecule has 2 aromatic rings. The zero-order chi connectivity index (χ0) is 14.4. The van der Waals surface area contributed by atoms with Gasteiger partial charge in [-0.3, -0.25) is 0 Å². The monoisotopic (exact) mass is 261 g/mol. The van der Waals surface area contributed by atoms with Gasteiger partial charge in [0.2, 0.25) is 0 Å². The normalized spacial score (nSPS) is 25.1. The Bertz CT molecular complexity index is 609. The van der Waals surface area contributed by atoms with Crippen molar-refractivity contribution in [2.45, 2.75) is 38.9 Å². The van der Waals surface area contributed by atoms with E-state index in [9.17, 15) is 0 Å². The van der Waals surface area contributed by atoms with Crippen LogP contribution in [0.5, 0.6) is 0 Å². The van der Waals surface area contributed by atoms with Gasteiger partial charge in [-0.15, -0.1) is 0 Å². The molecular weight excluding hydrogens is 239 g/mol. The lowest BCUT2D eigenvalue weighted by molar-refractivity contribution is 0.260. The minimum absolute atomic E-state index is 0.137. The topological polar surface area (TPSA) is 0 Å². The Morgan fingerprint density at radius 3 is 2.15 bits per heavy atom. The van der Waals surface area contributed by atoms with E-state index in [0.29, 0.717) is 5.92 Å². The molecule has 20 heavy (non-hydrogen) atoms. The van der Waals surface area contributed by atoms with E-state index in [1.165, 1.54) is 16.6 Å². The van der Waals surface area contributed by atoms with Crippen molar-refractivity contribution in [2.75, 3.05) is 0 Å². The highest BCUT2D eigenvalue weighted by Crippen LogP contribution is 2.59. The predicted molar refractivity (Wildman–Crippen MR) is 87.9 cm³/mol. The largest absolute Gasteiger partial charge is 0.160 e. The highest BCUT2D eigenvalue weighted by Gasteiger charge is 2.50. The van der Waals surface area contributed by atoms with Gasteiger partial charge in [-0.05, 0) is 21.9 Å². The molecule has 0 nitrogen and oxygen atoms in total. The predicted octanol–water partition coefficient (Wildman–Crippen LogP) is 4.39. The third-order valence-electron chi connectivity index (χ3n) is 5.11. The van der Waals surface area contributed by atoms with Crippen molar-refractivity contribution >= 4 is 12.7 Å². The van der Waals surface area contributed by atoms with Crippen LogP contribution in [-0.4, -0.2) is 7.28 Å². The Labute approximate surface area is 123 Å². The number of rotatable bonds is 1. The molecule has 0 spiro atoms. The average Bonchev–Trinajstić information content (AvgIpc) is 2.72. The van der Waals surface area contributed by atoms with Crippen LogP contribution in [0.1, 0.15) is 44.7 Å². The summed E-state index contributed by atoms with van der Waals surface area (Å²) in [7, 11) is 2.49. The molecule has 1 radical (unpaired) electrons. The van der Waals surface area contributed by atoms with Crippen molar-refractivity contribution < 1.29 is 0 Å². The van der Waals surface area contributed by atoms with Crippen LogP contribution in [0.15, 0.2) is 54.6 Å². The van der Waals surface area contributed by atoms with Crippen LogP contribution in [-0.2, 0) is 0 Å². The first kappa shape index (κ1) is 13.5. The van der Waals surface area contributed by atoms with Gasteiger partial charge >= 0.3 is 0 Å². The summed E-state index contributed by atoms with van der Waals surface area (Å²) in [6.45, 7) is 9.46. The molecule has 0 saturated heterocycles. The molecule has 0 saturated carbocycles. The molecule has 0 N–H and O–H groups in total. The summed E-state index contributed by atoms with van der Waals surface area (Å²) < 4.78 is 0. The van der Waals surface area contributed by atoms with Crippen LogP contribution in [0.25, 0.3) is 0 Å². The van der Waals surface area contributed by atoms with Crippen molar-refractivity contribution in [3.8, 4) is 0 Å². The number of hydrogen-bond donors (Lipinski definition) is 0. The molecule has 0 fully saturated rings. The van der Waals surface area contributed by atoms with Gasteiger partial charge in [0.15, 0.2) is 7.28 Å². The van der Waals surface area contributed by atoms with Gasteiger partial charge in [-0.1, -0.05) is 87.8 Å². The van der Waals surface area contributed by atoms with Crippen molar-refractivity contribution in [1.29, 1.82) is 0 Å². The third kappa shape index (κ3) is 1.92. The minimum Gasteiger partial charge on any atom is -0.0833 e. The second kappa shape index (κ2) is 4.51. The van der Waals surface area contributed by atoms with Crippen LogP contribution < -0.4 is 5.46 Å². The van der Waals surface area contributed by atoms with E-state index in [0.717, 1.165) is 0 Å². The lowest BCUT2D eigenvalue weighted by Gasteiger charge is -2.44. The summed E-state index contributed by atoms with van der Waals surface area (Å²) in [4.78, 5) is 0. The summed E-state index contributed by atoms with van der Waals surface area (Å²) >= 11 is 0. The quantitative estimate of drug-likeness (QED) is 0.668. The van der Waals surface area contributed by atoms with Crippen molar-refractivity contribution in [3.63, 3.8) is 0 Å². The van der Waals surface area contributed by atoms with Gasteiger partial charge in [0, 0.05) is 5.92 Å². The molecule has 3 rings (SSSR count). The maximum atomic E-state index is 2.49. The first-order chi connectivity index (χ1) is 9.43. The molecule has 0 aliphatic carbocycles. The fraction of sp³-hybridized carbons (Fsp3) is 0.368. The standard InChI is InChI=1S/C19H22B/c1-18(2,3)19(4)17(14-10-6-5-7-11-14)15-12-8-9-13-16(15)20-19/h5-13,17H,1-4H3/t17-,19-/m0/s1. The van der Waals surface area contributed by atoms with E-state index in [1.807, 2.05) is 0 Å². The molecule has 0 aromatic heterocycles. The van der Waals surface area contributed by atoms with Crippen LogP contribution in [0, 0.1) is 5.41 Å². The Morgan fingerprint density at radius 1 is 0.900 bits per heavy atom. The lowest BCUT2D eigenvalue weighted by atomic mass is 9.41. The fourth-order valence-corrected chi connectivity index (χ4v) is 3.46. The van der Waals surface area contributed by atoms with Gasteiger partial charge in [0.25, 0.3) is 0 Å². The van der Waals surface area contributed by atoms with Crippen molar-refractivity contribution in [3.05, 3.63) is 65.7 Å². The zero-order valence-electron chi connectivity index (χ0n) is 12.9. The molecule has 1 aliphatic rings. The number of benzene rings is 2. The molecule has 1 heterocycles. The van der Waals surface area contributed by atoms with Crippen molar-refractivity contribution in [2.24, 2.45) is 5.41 Å². The van der Waals surface area contributed by atoms with Gasteiger partial charge in [-0.2, -0.15) is 0 Å². The molecule has 0 unspecified atom stereocenters. The summed E-state index contributed by atoms with van der Waals surface area (Å²) in [5.41, 5.74) is 4.51. The van der Waals surface area contributed by atoms with E-state index < -0.39 is 0 Å². The maximum absolute atomic E-state index is 2.49. The van der Waals surface area contributed by atoms with Crippen LogP contribution >= 0.6 is 0 Å². The third-order valence-corrected chi connectivity index (χ3v) is 5.11. The first-order valence-corrected chi connectivity index (χ1v) is 7.43. The van der Waals surface area contributed by atoms with Gasteiger partial charge < -0.3 is 0 Å². The summed E-state index contributed by atoms with van der Waals surface area (Å²) in [6.07, 6.45) is 0.